The fraction of sp³-hybridized carbons (Fsp3) is 0.917. The van der Waals surface area contributed by atoms with Crippen molar-refractivity contribution in [2.24, 2.45) is 0 Å². The maximum atomic E-state index is 11.3. The summed E-state index contributed by atoms with van der Waals surface area (Å²) < 4.78 is 20.8. The van der Waals surface area contributed by atoms with Crippen LogP contribution in [0.25, 0.3) is 0 Å². The fourth-order valence-electron chi connectivity index (χ4n) is 1.69. The molecule has 0 radical (unpaired) electrons. The molecule has 15 heavy (non-hydrogen) atoms. The lowest BCUT2D eigenvalue weighted by Gasteiger charge is -2.19. The number of esters is 1. The molecule has 0 aliphatic carbocycles. The number of hydrogen-bond acceptors (Lipinski definition) is 3. The standard InChI is InChI=1S/C12H22O3/c1-2-3-4-5-8-11-10(13)7-6-9-12(14)15-11/h10-11,13H,2-9H2,1H3/i10D,11D. The molecule has 88 valence electrons. The topological polar surface area (TPSA) is 46.5 Å². The van der Waals surface area contributed by atoms with E-state index in [4.69, 9.17) is 7.48 Å². The zero-order valence-corrected chi connectivity index (χ0v) is 9.42. The van der Waals surface area contributed by atoms with E-state index in [1.807, 2.05) is 0 Å². The molecule has 0 spiro atoms. The number of carbonyl (C=O) groups is 1. The van der Waals surface area contributed by atoms with Gasteiger partial charge < -0.3 is 9.84 Å². The molecule has 3 heteroatoms. The molecule has 0 aromatic rings. The Morgan fingerprint density at radius 3 is 3.07 bits per heavy atom. The molecular formula is C12H22O3. The Hall–Kier alpha value is -0.570. The Labute approximate surface area is 94.6 Å². The molecule has 2 atom stereocenters. The average Bonchev–Trinajstić information content (AvgIpc) is 2.32. The summed E-state index contributed by atoms with van der Waals surface area (Å²) in [6.07, 6.45) is 0.951. The van der Waals surface area contributed by atoms with Gasteiger partial charge in [0.1, 0.15) is 6.08 Å². The van der Waals surface area contributed by atoms with E-state index in [0.29, 0.717) is 12.8 Å². The number of ether oxygens (including phenoxy) is 1. The molecule has 1 heterocycles. The van der Waals surface area contributed by atoms with Crippen LogP contribution in [-0.4, -0.2) is 23.2 Å². The van der Waals surface area contributed by atoms with E-state index in [-0.39, 0.29) is 19.3 Å². The Morgan fingerprint density at radius 2 is 2.33 bits per heavy atom. The third-order valence-corrected chi connectivity index (χ3v) is 2.61. The average molecular weight is 216 g/mol. The molecule has 1 aliphatic rings. The van der Waals surface area contributed by atoms with Gasteiger partial charge in [-0.3, -0.25) is 4.79 Å². The molecule has 1 fully saturated rings. The number of rotatable bonds is 5. The first-order valence-corrected chi connectivity index (χ1v) is 5.85. The molecule has 1 rings (SSSR count). The monoisotopic (exact) mass is 216 g/mol. The second kappa shape index (κ2) is 6.83. The van der Waals surface area contributed by atoms with Crippen molar-refractivity contribution in [2.45, 2.75) is 70.5 Å². The predicted molar refractivity (Wildman–Crippen MR) is 58.5 cm³/mol. The molecule has 0 aromatic carbocycles. The van der Waals surface area contributed by atoms with E-state index >= 15 is 0 Å². The largest absolute Gasteiger partial charge is 0.460 e. The van der Waals surface area contributed by atoms with E-state index in [2.05, 4.69) is 6.92 Å². The van der Waals surface area contributed by atoms with Crippen molar-refractivity contribution in [1.29, 1.82) is 0 Å². The molecular weight excluding hydrogens is 192 g/mol. The van der Waals surface area contributed by atoms with Crippen LogP contribution in [0.1, 0.15) is 61.0 Å². The number of cyclic esters (lactones) is 1. The van der Waals surface area contributed by atoms with Gasteiger partial charge in [0.15, 0.2) is 0 Å². The van der Waals surface area contributed by atoms with E-state index in [9.17, 15) is 9.90 Å². The van der Waals surface area contributed by atoms with Crippen molar-refractivity contribution in [3.8, 4) is 0 Å². The maximum absolute atomic E-state index is 11.3. The van der Waals surface area contributed by atoms with E-state index in [1.54, 1.807) is 0 Å². The van der Waals surface area contributed by atoms with Crippen LogP contribution < -0.4 is 0 Å². The normalized spacial score (nSPS) is 38.9. The SMILES string of the molecule is [2H]C1(O)CCCC(=O)OC1([2H])CCCCCC. The molecule has 1 aliphatic heterocycles. The number of hydrogen-bond donors (Lipinski definition) is 1. The predicted octanol–water partition coefficient (Wildman–Crippen LogP) is 2.41. The highest BCUT2D eigenvalue weighted by molar-refractivity contribution is 5.69. The molecule has 0 saturated carbocycles. The number of aliphatic hydroxyl groups is 1. The minimum Gasteiger partial charge on any atom is -0.460 e. The van der Waals surface area contributed by atoms with Gasteiger partial charge in [0.05, 0.1) is 8.82 Å². The zero-order valence-electron chi connectivity index (χ0n) is 11.4. The van der Waals surface area contributed by atoms with Crippen molar-refractivity contribution >= 4 is 5.97 Å². The van der Waals surface area contributed by atoms with Gasteiger partial charge in [0, 0.05) is 6.42 Å². The smallest absolute Gasteiger partial charge is 0.306 e. The molecule has 0 amide bonds. The summed E-state index contributed by atoms with van der Waals surface area (Å²) in [5.74, 6) is -0.473. The summed E-state index contributed by atoms with van der Waals surface area (Å²) in [6, 6.07) is 0. The lowest BCUT2D eigenvalue weighted by atomic mass is 10.0. The van der Waals surface area contributed by atoms with Crippen LogP contribution in [0, 0.1) is 0 Å². The van der Waals surface area contributed by atoms with Crippen LogP contribution in [0.4, 0.5) is 0 Å². The van der Waals surface area contributed by atoms with Crippen LogP contribution in [0.15, 0.2) is 0 Å². The van der Waals surface area contributed by atoms with Crippen LogP contribution in [0.5, 0.6) is 0 Å². The van der Waals surface area contributed by atoms with Crippen LogP contribution in [0.2, 0.25) is 0 Å². The minimum atomic E-state index is -1.98. The summed E-state index contributed by atoms with van der Waals surface area (Å²) in [5.41, 5.74) is 0. The second-order valence-corrected chi connectivity index (χ2v) is 4.01. The molecule has 1 saturated heterocycles. The van der Waals surface area contributed by atoms with Gasteiger partial charge in [-0.1, -0.05) is 26.2 Å². The molecule has 1 N–H and O–H groups in total. The highest BCUT2D eigenvalue weighted by Gasteiger charge is 2.25. The Balaban J connectivity index is 2.62. The third-order valence-electron chi connectivity index (χ3n) is 2.61. The van der Waals surface area contributed by atoms with Gasteiger partial charge in [-0.25, -0.2) is 0 Å². The fourth-order valence-corrected chi connectivity index (χ4v) is 1.69. The number of unbranched alkanes of at least 4 members (excludes halogenated alkanes) is 3. The molecule has 3 nitrogen and oxygen atoms in total. The van der Waals surface area contributed by atoms with Crippen molar-refractivity contribution in [3.05, 3.63) is 0 Å². The van der Waals surface area contributed by atoms with Gasteiger partial charge in [-0.15, -0.1) is 0 Å². The lowest BCUT2D eigenvalue weighted by Crippen LogP contribution is -2.28. The lowest BCUT2D eigenvalue weighted by molar-refractivity contribution is -0.152. The summed E-state index contributed by atoms with van der Waals surface area (Å²) in [7, 11) is 0. The van der Waals surface area contributed by atoms with Crippen molar-refractivity contribution < 1.29 is 17.4 Å². The highest BCUT2D eigenvalue weighted by atomic mass is 16.6. The van der Waals surface area contributed by atoms with Crippen molar-refractivity contribution in [1.82, 2.24) is 0 Å². The van der Waals surface area contributed by atoms with Crippen LogP contribution in [0.3, 0.4) is 0 Å². The zero-order chi connectivity index (χ0) is 12.9. The quantitative estimate of drug-likeness (QED) is 0.567. The summed E-state index contributed by atoms with van der Waals surface area (Å²) >= 11 is 0. The van der Waals surface area contributed by atoms with Gasteiger partial charge >= 0.3 is 5.97 Å². The van der Waals surface area contributed by atoms with E-state index in [0.717, 1.165) is 19.3 Å². The van der Waals surface area contributed by atoms with Crippen LogP contribution >= 0.6 is 0 Å². The van der Waals surface area contributed by atoms with Gasteiger partial charge in [-0.2, -0.15) is 0 Å². The summed E-state index contributed by atoms with van der Waals surface area (Å²) in [6.45, 7) is 2.09. The van der Waals surface area contributed by atoms with E-state index in [1.165, 1.54) is 0 Å². The molecule has 0 bridgehead atoms. The molecule has 2 unspecified atom stereocenters. The number of carbonyl (C=O) groups excluding carboxylic acids is 1. The first kappa shape index (κ1) is 9.64. The Kier molecular flexibility index (Phi) is 4.39. The van der Waals surface area contributed by atoms with Gasteiger partial charge in [-0.05, 0) is 25.7 Å². The second-order valence-electron chi connectivity index (χ2n) is 4.01. The summed E-state index contributed by atoms with van der Waals surface area (Å²) in [4.78, 5) is 11.3. The van der Waals surface area contributed by atoms with Crippen molar-refractivity contribution in [3.63, 3.8) is 0 Å². The first-order chi connectivity index (χ1) is 7.91. The minimum absolute atomic E-state index is 0.121. The van der Waals surface area contributed by atoms with E-state index < -0.39 is 18.1 Å². The van der Waals surface area contributed by atoms with Gasteiger partial charge in [0.25, 0.3) is 0 Å². The third kappa shape index (κ3) is 4.65. The summed E-state index contributed by atoms with van der Waals surface area (Å²) in [5, 5.41) is 9.95. The van der Waals surface area contributed by atoms with Crippen molar-refractivity contribution in [2.75, 3.05) is 0 Å². The maximum Gasteiger partial charge on any atom is 0.306 e. The van der Waals surface area contributed by atoms with Gasteiger partial charge in [0.2, 0.25) is 0 Å². The Bertz CT molecular complexity index is 268. The van der Waals surface area contributed by atoms with Crippen LogP contribution in [-0.2, 0) is 9.53 Å². The highest BCUT2D eigenvalue weighted by Crippen LogP contribution is 2.19. The first-order valence-electron chi connectivity index (χ1n) is 6.85. The molecule has 0 aromatic heterocycles. The Morgan fingerprint density at radius 1 is 1.53 bits per heavy atom.